The van der Waals surface area contributed by atoms with Crippen LogP contribution in [0.15, 0.2) is 41.0 Å². The minimum Gasteiger partial charge on any atom is -0.303 e. The number of rotatable bonds is 4. The molecule has 0 aliphatic carbocycles. The van der Waals surface area contributed by atoms with Gasteiger partial charge in [0, 0.05) is 24.9 Å². The summed E-state index contributed by atoms with van der Waals surface area (Å²) in [5, 5.41) is 9.82. The van der Waals surface area contributed by atoms with Gasteiger partial charge in [0.2, 0.25) is 0 Å². The molecule has 0 aliphatic heterocycles. The van der Waals surface area contributed by atoms with Crippen LogP contribution in [0, 0.1) is 5.82 Å². The van der Waals surface area contributed by atoms with E-state index in [9.17, 15) is 22.4 Å². The zero-order chi connectivity index (χ0) is 19.8. The molecule has 0 radical (unpaired) electrons. The van der Waals surface area contributed by atoms with Crippen LogP contribution in [0.25, 0.3) is 0 Å². The highest BCUT2D eigenvalue weighted by atomic mass is 79.9. The molecule has 0 atom stereocenters. The van der Waals surface area contributed by atoms with Crippen molar-refractivity contribution in [3.63, 3.8) is 0 Å². The minimum atomic E-state index is -4.65. The second kappa shape index (κ2) is 7.14. The number of nitrogens with one attached hydrogen (secondary N) is 1. The molecule has 0 bridgehead atoms. The maximum atomic E-state index is 13.7. The second-order valence-corrected chi connectivity index (χ2v) is 6.46. The van der Waals surface area contributed by atoms with E-state index in [-0.39, 0.29) is 18.1 Å². The fraction of sp³-hybridized carbons (Fsp3) is 0.188. The van der Waals surface area contributed by atoms with Crippen molar-refractivity contribution in [1.82, 2.24) is 19.6 Å². The van der Waals surface area contributed by atoms with Crippen LogP contribution in [-0.4, -0.2) is 25.5 Å². The molecule has 2 aromatic heterocycles. The summed E-state index contributed by atoms with van der Waals surface area (Å²) >= 11 is 3.21. The van der Waals surface area contributed by atoms with Gasteiger partial charge in [0.1, 0.15) is 11.5 Å². The molecule has 6 nitrogen and oxygen atoms in total. The van der Waals surface area contributed by atoms with E-state index >= 15 is 0 Å². The van der Waals surface area contributed by atoms with E-state index in [2.05, 4.69) is 31.4 Å². The maximum absolute atomic E-state index is 13.7. The fourth-order valence-corrected chi connectivity index (χ4v) is 2.77. The summed E-state index contributed by atoms with van der Waals surface area (Å²) in [5.74, 6) is -1.12. The molecule has 1 N–H and O–H groups in total. The number of alkyl halides is 3. The standard InChI is InChI=1S/C16H12BrF4N5O/c1-25-12(6-13(23-25)16(19,20)21)15(27)22-14-10(17)8-26(24-14)7-9-4-2-3-5-11(9)18/h2-6,8H,7H2,1H3,(H,22,24,27). The number of hydrogen-bond acceptors (Lipinski definition) is 3. The number of anilines is 1. The van der Waals surface area contributed by atoms with Crippen LogP contribution >= 0.6 is 15.9 Å². The van der Waals surface area contributed by atoms with Crippen molar-refractivity contribution in [2.45, 2.75) is 12.7 Å². The zero-order valence-corrected chi connectivity index (χ0v) is 15.3. The van der Waals surface area contributed by atoms with Gasteiger partial charge in [0.25, 0.3) is 5.91 Å². The smallest absolute Gasteiger partial charge is 0.303 e. The molecule has 0 aliphatic rings. The van der Waals surface area contributed by atoms with E-state index in [0.29, 0.717) is 16.1 Å². The Morgan fingerprint density at radius 2 is 1.96 bits per heavy atom. The van der Waals surface area contributed by atoms with E-state index in [1.54, 1.807) is 18.2 Å². The Hall–Kier alpha value is -2.69. The van der Waals surface area contributed by atoms with Crippen molar-refractivity contribution < 1.29 is 22.4 Å². The van der Waals surface area contributed by atoms with Crippen LogP contribution in [0.4, 0.5) is 23.4 Å². The van der Waals surface area contributed by atoms with Crippen molar-refractivity contribution in [1.29, 1.82) is 0 Å². The SMILES string of the molecule is Cn1nc(C(F)(F)F)cc1C(=O)Nc1nn(Cc2ccccc2F)cc1Br. The van der Waals surface area contributed by atoms with Crippen LogP contribution < -0.4 is 5.32 Å². The van der Waals surface area contributed by atoms with Crippen molar-refractivity contribution in [2.75, 3.05) is 5.32 Å². The van der Waals surface area contributed by atoms with Crippen molar-refractivity contribution >= 4 is 27.7 Å². The van der Waals surface area contributed by atoms with Crippen molar-refractivity contribution in [3.8, 4) is 0 Å². The molecule has 0 spiro atoms. The van der Waals surface area contributed by atoms with Gasteiger partial charge in [0.15, 0.2) is 11.5 Å². The predicted molar refractivity (Wildman–Crippen MR) is 91.6 cm³/mol. The summed E-state index contributed by atoms with van der Waals surface area (Å²) in [7, 11) is 1.23. The van der Waals surface area contributed by atoms with Gasteiger partial charge < -0.3 is 5.32 Å². The number of hydrogen-bond donors (Lipinski definition) is 1. The van der Waals surface area contributed by atoms with Gasteiger partial charge in [-0.1, -0.05) is 18.2 Å². The summed E-state index contributed by atoms with van der Waals surface area (Å²) in [6.07, 6.45) is -3.13. The molecular weight excluding hydrogens is 434 g/mol. The Balaban J connectivity index is 1.78. The van der Waals surface area contributed by atoms with Gasteiger partial charge in [-0.25, -0.2) is 4.39 Å². The van der Waals surface area contributed by atoms with E-state index in [0.717, 1.165) is 4.68 Å². The lowest BCUT2D eigenvalue weighted by molar-refractivity contribution is -0.141. The summed E-state index contributed by atoms with van der Waals surface area (Å²) in [5.41, 5.74) is -1.05. The Labute approximate surface area is 158 Å². The lowest BCUT2D eigenvalue weighted by atomic mass is 10.2. The monoisotopic (exact) mass is 445 g/mol. The second-order valence-electron chi connectivity index (χ2n) is 5.60. The Bertz CT molecular complexity index is 995. The number of amides is 1. The Morgan fingerprint density at radius 3 is 2.59 bits per heavy atom. The van der Waals surface area contributed by atoms with Gasteiger partial charge in [-0.15, -0.1) is 0 Å². The predicted octanol–water partition coefficient (Wildman–Crippen LogP) is 3.84. The third kappa shape index (κ3) is 4.18. The molecule has 0 saturated heterocycles. The van der Waals surface area contributed by atoms with Crippen LogP contribution in [0.5, 0.6) is 0 Å². The first-order chi connectivity index (χ1) is 12.6. The molecule has 1 aromatic carbocycles. The lowest BCUT2D eigenvalue weighted by Gasteiger charge is -2.04. The number of benzene rings is 1. The van der Waals surface area contributed by atoms with Gasteiger partial charge >= 0.3 is 6.18 Å². The molecule has 27 heavy (non-hydrogen) atoms. The first-order valence-corrected chi connectivity index (χ1v) is 8.33. The Kier molecular flexibility index (Phi) is 5.05. The summed E-state index contributed by atoms with van der Waals surface area (Å²) < 4.78 is 54.5. The Morgan fingerprint density at radius 1 is 1.26 bits per heavy atom. The van der Waals surface area contributed by atoms with Crippen LogP contribution in [0.2, 0.25) is 0 Å². The van der Waals surface area contributed by atoms with Crippen molar-refractivity contribution in [3.05, 3.63) is 63.8 Å². The molecule has 0 saturated carbocycles. The number of aromatic nitrogens is 4. The topological polar surface area (TPSA) is 64.7 Å². The highest BCUT2D eigenvalue weighted by molar-refractivity contribution is 9.10. The van der Waals surface area contributed by atoms with Gasteiger partial charge in [-0.2, -0.15) is 23.4 Å². The fourth-order valence-electron chi connectivity index (χ4n) is 2.35. The third-order valence-corrected chi connectivity index (χ3v) is 4.22. The normalized spacial score (nSPS) is 11.6. The molecule has 3 aromatic rings. The van der Waals surface area contributed by atoms with E-state index < -0.39 is 23.6 Å². The zero-order valence-electron chi connectivity index (χ0n) is 13.8. The first kappa shape index (κ1) is 19.1. The molecule has 11 heteroatoms. The largest absolute Gasteiger partial charge is 0.435 e. The first-order valence-electron chi connectivity index (χ1n) is 7.54. The number of aryl methyl sites for hydroxylation is 1. The summed E-state index contributed by atoms with van der Waals surface area (Å²) in [6, 6.07) is 6.81. The molecule has 2 heterocycles. The average molecular weight is 446 g/mol. The molecule has 0 fully saturated rings. The van der Waals surface area contributed by atoms with Crippen molar-refractivity contribution in [2.24, 2.45) is 7.05 Å². The highest BCUT2D eigenvalue weighted by Gasteiger charge is 2.35. The van der Waals surface area contributed by atoms with E-state index in [1.807, 2.05) is 0 Å². The summed E-state index contributed by atoms with van der Waals surface area (Å²) in [4.78, 5) is 12.3. The van der Waals surface area contributed by atoms with E-state index in [1.165, 1.54) is 24.0 Å². The van der Waals surface area contributed by atoms with Crippen LogP contribution in [0.1, 0.15) is 21.7 Å². The number of carbonyl (C=O) groups excluding carboxylic acids is 1. The molecule has 3 rings (SSSR count). The molecule has 142 valence electrons. The quantitative estimate of drug-likeness (QED) is 0.620. The highest BCUT2D eigenvalue weighted by Crippen LogP contribution is 2.29. The molecule has 1 amide bonds. The minimum absolute atomic E-state index is 0.0890. The molecular formula is C16H12BrF4N5O. The van der Waals surface area contributed by atoms with Gasteiger partial charge in [-0.05, 0) is 22.0 Å². The van der Waals surface area contributed by atoms with Gasteiger partial charge in [0.05, 0.1) is 11.0 Å². The number of nitrogens with zero attached hydrogens (tertiary/aromatic N) is 4. The van der Waals surface area contributed by atoms with Gasteiger partial charge in [-0.3, -0.25) is 14.2 Å². The lowest BCUT2D eigenvalue weighted by Crippen LogP contribution is -2.17. The average Bonchev–Trinajstić information content (AvgIpc) is 3.13. The number of carbonyl (C=O) groups is 1. The van der Waals surface area contributed by atoms with Crippen LogP contribution in [0.3, 0.4) is 0 Å². The van der Waals surface area contributed by atoms with E-state index in [4.69, 9.17) is 0 Å². The van der Waals surface area contributed by atoms with Crippen LogP contribution in [-0.2, 0) is 19.8 Å². The third-order valence-electron chi connectivity index (χ3n) is 3.64. The molecule has 0 unspecified atom stereocenters. The maximum Gasteiger partial charge on any atom is 0.435 e. The summed E-state index contributed by atoms with van der Waals surface area (Å²) in [6.45, 7) is 0.116. The number of halogens is 5.